The number of hydrogen-bond acceptors (Lipinski definition) is 5. The lowest BCUT2D eigenvalue weighted by molar-refractivity contribution is -0.140. The van der Waals surface area contributed by atoms with Gasteiger partial charge in [0.15, 0.2) is 11.5 Å². The molecule has 0 atom stereocenters. The molecule has 0 saturated heterocycles. The van der Waals surface area contributed by atoms with Crippen molar-refractivity contribution in [2.75, 3.05) is 0 Å². The molecule has 1 aromatic carbocycles. The van der Waals surface area contributed by atoms with Crippen LogP contribution in [-0.4, -0.2) is 34.6 Å². The number of fused-ring (bicyclic) bond motifs is 2. The molecule has 4 heterocycles. The summed E-state index contributed by atoms with van der Waals surface area (Å²) in [5, 5.41) is 7.19. The average molecular weight is 474 g/mol. The molecular weight excluding hydrogens is 457 g/mol. The Balaban J connectivity index is 1.84. The number of nitrogens with zero attached hydrogens (tertiary/aromatic N) is 6. The standard InChI is InChI=1S/C21H17F3N6O2S/c1-27-8-7-25-18(27)16-15-17(29(11-21(22,23)24)20(32)28(2)19(15)31)26-30(16)9-12-10-33-14-6-4-3-5-13(12)14/h3-8,10H,9,11H2,1-2H3. The first-order chi connectivity index (χ1) is 15.7. The van der Waals surface area contributed by atoms with E-state index in [1.165, 1.54) is 22.2 Å². The van der Waals surface area contributed by atoms with Crippen LogP contribution in [0.15, 0.2) is 51.6 Å². The minimum atomic E-state index is -4.68. The van der Waals surface area contributed by atoms with E-state index < -0.39 is 24.0 Å². The molecule has 0 bridgehead atoms. The molecule has 8 nitrogen and oxygen atoms in total. The number of benzene rings is 1. The van der Waals surface area contributed by atoms with Crippen LogP contribution in [0, 0.1) is 0 Å². The van der Waals surface area contributed by atoms with Gasteiger partial charge < -0.3 is 4.57 Å². The third-order valence-corrected chi connectivity index (χ3v) is 6.49. The molecule has 170 valence electrons. The molecule has 33 heavy (non-hydrogen) atoms. The van der Waals surface area contributed by atoms with Crippen molar-refractivity contribution in [2.45, 2.75) is 19.3 Å². The van der Waals surface area contributed by atoms with Crippen LogP contribution in [0.4, 0.5) is 13.2 Å². The summed E-state index contributed by atoms with van der Waals surface area (Å²) in [4.78, 5) is 30.0. The minimum Gasteiger partial charge on any atom is -0.333 e. The van der Waals surface area contributed by atoms with E-state index in [1.807, 2.05) is 29.6 Å². The van der Waals surface area contributed by atoms with Gasteiger partial charge in [-0.2, -0.15) is 18.3 Å². The predicted molar refractivity (Wildman–Crippen MR) is 118 cm³/mol. The summed E-state index contributed by atoms with van der Waals surface area (Å²) in [6, 6.07) is 7.74. The Bertz CT molecular complexity index is 1640. The van der Waals surface area contributed by atoms with Crippen LogP contribution in [0.25, 0.3) is 32.6 Å². The lowest BCUT2D eigenvalue weighted by Gasteiger charge is -2.11. The zero-order valence-corrected chi connectivity index (χ0v) is 18.3. The van der Waals surface area contributed by atoms with Gasteiger partial charge in [0.25, 0.3) is 5.56 Å². The van der Waals surface area contributed by atoms with Gasteiger partial charge >= 0.3 is 11.9 Å². The molecule has 0 aliphatic heterocycles. The number of aryl methyl sites for hydroxylation is 1. The van der Waals surface area contributed by atoms with Gasteiger partial charge in [-0.1, -0.05) is 18.2 Å². The van der Waals surface area contributed by atoms with Crippen molar-refractivity contribution < 1.29 is 13.2 Å². The van der Waals surface area contributed by atoms with E-state index >= 15 is 0 Å². The Morgan fingerprint density at radius 1 is 1.12 bits per heavy atom. The molecule has 5 aromatic rings. The molecule has 0 radical (unpaired) electrons. The Kier molecular flexibility index (Phi) is 4.78. The summed E-state index contributed by atoms with van der Waals surface area (Å²) in [6.07, 6.45) is -1.49. The SMILES string of the molecule is Cn1ccnc1-c1c2c(=O)n(C)c(=O)n(CC(F)(F)F)c2nn1Cc1csc2ccccc12. The van der Waals surface area contributed by atoms with Crippen molar-refractivity contribution in [1.82, 2.24) is 28.5 Å². The van der Waals surface area contributed by atoms with Gasteiger partial charge in [0.2, 0.25) is 0 Å². The predicted octanol–water partition coefficient (Wildman–Crippen LogP) is 3.12. The van der Waals surface area contributed by atoms with Crippen LogP contribution >= 0.6 is 11.3 Å². The second kappa shape index (κ2) is 7.44. The summed E-state index contributed by atoms with van der Waals surface area (Å²) in [5.41, 5.74) is -0.989. The lowest BCUT2D eigenvalue weighted by atomic mass is 10.2. The largest absolute Gasteiger partial charge is 0.406 e. The number of thiophene rings is 1. The van der Waals surface area contributed by atoms with Gasteiger partial charge in [-0.25, -0.2) is 9.78 Å². The Morgan fingerprint density at radius 2 is 1.88 bits per heavy atom. The highest BCUT2D eigenvalue weighted by Crippen LogP contribution is 2.30. The summed E-state index contributed by atoms with van der Waals surface area (Å²) in [7, 11) is 2.87. The van der Waals surface area contributed by atoms with Gasteiger partial charge in [-0.15, -0.1) is 11.3 Å². The van der Waals surface area contributed by atoms with Crippen LogP contribution in [0.1, 0.15) is 5.56 Å². The summed E-state index contributed by atoms with van der Waals surface area (Å²) >= 11 is 1.53. The molecule has 0 spiro atoms. The zero-order valence-electron chi connectivity index (χ0n) is 17.5. The molecule has 12 heteroatoms. The Hall–Kier alpha value is -3.67. The van der Waals surface area contributed by atoms with Crippen LogP contribution < -0.4 is 11.2 Å². The van der Waals surface area contributed by atoms with E-state index in [9.17, 15) is 22.8 Å². The summed E-state index contributed by atoms with van der Waals surface area (Å²) in [6.45, 7) is -1.38. The van der Waals surface area contributed by atoms with Gasteiger partial charge in [0, 0.05) is 31.2 Å². The number of imidazole rings is 1. The van der Waals surface area contributed by atoms with E-state index in [0.29, 0.717) is 15.0 Å². The van der Waals surface area contributed by atoms with Crippen molar-refractivity contribution in [3.05, 3.63) is 68.4 Å². The maximum Gasteiger partial charge on any atom is 0.406 e. The lowest BCUT2D eigenvalue weighted by Crippen LogP contribution is -2.40. The fourth-order valence-corrected chi connectivity index (χ4v) is 4.89. The van der Waals surface area contributed by atoms with Crippen molar-refractivity contribution in [3.8, 4) is 11.5 Å². The molecule has 5 rings (SSSR count). The van der Waals surface area contributed by atoms with Crippen LogP contribution in [0.3, 0.4) is 0 Å². The van der Waals surface area contributed by atoms with Crippen LogP contribution in [0.5, 0.6) is 0 Å². The number of aromatic nitrogens is 6. The number of halogens is 3. The molecule has 0 fully saturated rings. The number of rotatable bonds is 4. The van der Waals surface area contributed by atoms with E-state index in [0.717, 1.165) is 22.7 Å². The second-order valence-corrected chi connectivity index (χ2v) is 8.58. The molecule has 0 saturated carbocycles. The van der Waals surface area contributed by atoms with Gasteiger partial charge in [0.05, 0.1) is 6.54 Å². The third-order valence-electron chi connectivity index (χ3n) is 5.48. The fraction of sp³-hybridized carbons (Fsp3) is 0.238. The van der Waals surface area contributed by atoms with Crippen LogP contribution in [0.2, 0.25) is 0 Å². The molecule has 0 aliphatic rings. The summed E-state index contributed by atoms with van der Waals surface area (Å²) in [5.74, 6) is 0.353. The van der Waals surface area contributed by atoms with Gasteiger partial charge in [0.1, 0.15) is 17.6 Å². The molecule has 0 aliphatic carbocycles. The highest BCUT2D eigenvalue weighted by Gasteiger charge is 2.32. The topological polar surface area (TPSA) is 79.6 Å². The minimum absolute atomic E-state index is 0.0878. The first-order valence-corrected chi connectivity index (χ1v) is 10.7. The molecule has 4 aromatic heterocycles. The van der Waals surface area contributed by atoms with Crippen LogP contribution in [-0.2, 0) is 27.2 Å². The maximum atomic E-state index is 13.3. The maximum absolute atomic E-state index is 13.3. The van der Waals surface area contributed by atoms with Crippen molar-refractivity contribution in [1.29, 1.82) is 0 Å². The van der Waals surface area contributed by atoms with Gasteiger partial charge in [-0.05, 0) is 22.4 Å². The molecule has 0 amide bonds. The van der Waals surface area contributed by atoms with E-state index in [2.05, 4.69) is 10.1 Å². The van der Waals surface area contributed by atoms with Crippen molar-refractivity contribution in [2.24, 2.45) is 14.1 Å². The number of hydrogen-bond donors (Lipinski definition) is 0. The smallest absolute Gasteiger partial charge is 0.333 e. The average Bonchev–Trinajstić information content (AvgIpc) is 3.46. The Labute approximate surface area is 187 Å². The first kappa shape index (κ1) is 21.2. The Morgan fingerprint density at radius 3 is 2.58 bits per heavy atom. The third kappa shape index (κ3) is 3.46. The first-order valence-electron chi connectivity index (χ1n) is 9.85. The molecular formula is C21H17F3N6O2S. The van der Waals surface area contributed by atoms with Gasteiger partial charge in [-0.3, -0.25) is 18.6 Å². The zero-order chi connectivity index (χ0) is 23.5. The van der Waals surface area contributed by atoms with E-state index in [1.54, 1.807) is 17.8 Å². The molecule has 0 N–H and O–H groups in total. The summed E-state index contributed by atoms with van der Waals surface area (Å²) < 4.78 is 45.2. The van der Waals surface area contributed by atoms with E-state index in [4.69, 9.17) is 0 Å². The fourth-order valence-electron chi connectivity index (χ4n) is 3.94. The van der Waals surface area contributed by atoms with Crippen molar-refractivity contribution >= 4 is 32.5 Å². The highest BCUT2D eigenvalue weighted by atomic mass is 32.1. The number of alkyl halides is 3. The molecule has 0 unspecified atom stereocenters. The van der Waals surface area contributed by atoms with E-state index in [-0.39, 0.29) is 23.3 Å². The monoisotopic (exact) mass is 474 g/mol. The van der Waals surface area contributed by atoms with Crippen molar-refractivity contribution in [3.63, 3.8) is 0 Å². The quantitative estimate of drug-likeness (QED) is 0.401. The normalized spacial score (nSPS) is 12.3. The second-order valence-electron chi connectivity index (χ2n) is 7.67. The highest BCUT2D eigenvalue weighted by molar-refractivity contribution is 7.17.